The van der Waals surface area contributed by atoms with Crippen LogP contribution in [0, 0.1) is 5.92 Å². The molecular formula is C34H31F3O3. The Hall–Kier alpha value is -4.06. The highest BCUT2D eigenvalue weighted by molar-refractivity contribution is 6.04. The smallest absolute Gasteiger partial charge is 0.299 e. The van der Waals surface area contributed by atoms with Crippen LogP contribution in [0.2, 0.25) is 0 Å². The van der Waals surface area contributed by atoms with E-state index < -0.39 is 23.5 Å². The van der Waals surface area contributed by atoms with E-state index in [0.717, 1.165) is 34.4 Å². The molecule has 1 aliphatic carbocycles. The Morgan fingerprint density at radius 3 is 2.17 bits per heavy atom. The van der Waals surface area contributed by atoms with E-state index in [-0.39, 0.29) is 36.4 Å². The number of alkyl halides is 3. The second-order valence-corrected chi connectivity index (χ2v) is 10.1. The summed E-state index contributed by atoms with van der Waals surface area (Å²) < 4.78 is 40.7. The molecule has 0 amide bonds. The molecule has 0 aliphatic heterocycles. The second-order valence-electron chi connectivity index (χ2n) is 10.1. The van der Waals surface area contributed by atoms with Crippen LogP contribution in [0.4, 0.5) is 13.2 Å². The highest BCUT2D eigenvalue weighted by atomic mass is 19.4. The molecule has 3 aromatic carbocycles. The molecular weight excluding hydrogens is 513 g/mol. The molecule has 206 valence electrons. The number of carbonyl (C=O) groups excluding carboxylic acids is 3. The van der Waals surface area contributed by atoms with Gasteiger partial charge in [-0.05, 0) is 53.7 Å². The predicted octanol–water partition coefficient (Wildman–Crippen LogP) is 7.62. The van der Waals surface area contributed by atoms with Crippen LogP contribution in [0.5, 0.6) is 0 Å². The molecule has 0 heterocycles. The molecule has 3 aromatic rings. The number of halogens is 3. The lowest BCUT2D eigenvalue weighted by molar-refractivity contribution is -0.122. The first-order valence-corrected chi connectivity index (χ1v) is 13.4. The molecule has 0 radical (unpaired) electrons. The normalized spacial score (nSPS) is 15.4. The summed E-state index contributed by atoms with van der Waals surface area (Å²) >= 11 is 0. The Morgan fingerprint density at radius 1 is 0.825 bits per heavy atom. The topological polar surface area (TPSA) is 51.2 Å². The molecule has 0 saturated heterocycles. The maximum absolute atomic E-state index is 13.6. The van der Waals surface area contributed by atoms with E-state index in [2.05, 4.69) is 0 Å². The molecule has 0 fully saturated rings. The third-order valence-electron chi connectivity index (χ3n) is 7.07. The maximum atomic E-state index is 13.6. The Bertz CT molecular complexity index is 1430. The fourth-order valence-corrected chi connectivity index (χ4v) is 4.87. The Kier molecular flexibility index (Phi) is 9.30. The first-order valence-electron chi connectivity index (χ1n) is 13.4. The van der Waals surface area contributed by atoms with E-state index in [1.165, 1.54) is 0 Å². The van der Waals surface area contributed by atoms with E-state index >= 15 is 0 Å². The minimum Gasteiger partial charge on any atom is -0.299 e. The number of ketones is 3. The third kappa shape index (κ3) is 7.75. The van der Waals surface area contributed by atoms with Gasteiger partial charge in [-0.15, -0.1) is 0 Å². The van der Waals surface area contributed by atoms with E-state index in [9.17, 15) is 27.6 Å². The third-order valence-corrected chi connectivity index (χ3v) is 7.07. The van der Waals surface area contributed by atoms with Crippen LogP contribution in [0.3, 0.4) is 0 Å². The number of rotatable bonds is 11. The van der Waals surface area contributed by atoms with E-state index in [4.69, 9.17) is 0 Å². The Labute approximate surface area is 232 Å². The molecule has 0 N–H and O–H groups in total. The average molecular weight is 545 g/mol. The fourth-order valence-electron chi connectivity index (χ4n) is 4.87. The number of hydrogen-bond donors (Lipinski definition) is 0. The van der Waals surface area contributed by atoms with Crippen molar-refractivity contribution >= 4 is 17.3 Å². The fraction of sp³-hybridized carbons (Fsp3) is 0.265. The second kappa shape index (κ2) is 12.9. The monoisotopic (exact) mass is 544 g/mol. The van der Waals surface area contributed by atoms with Crippen LogP contribution < -0.4 is 0 Å². The molecule has 6 heteroatoms. The number of benzene rings is 3. The van der Waals surface area contributed by atoms with Crippen molar-refractivity contribution in [3.63, 3.8) is 0 Å². The summed E-state index contributed by atoms with van der Waals surface area (Å²) in [4.78, 5) is 37.8. The van der Waals surface area contributed by atoms with Crippen LogP contribution in [-0.4, -0.2) is 23.5 Å². The van der Waals surface area contributed by atoms with Crippen molar-refractivity contribution in [1.82, 2.24) is 0 Å². The predicted molar refractivity (Wildman–Crippen MR) is 149 cm³/mol. The van der Waals surface area contributed by atoms with Crippen molar-refractivity contribution in [2.75, 3.05) is 0 Å². The number of aryl methyl sites for hydroxylation is 1. The summed E-state index contributed by atoms with van der Waals surface area (Å²) in [5, 5.41) is 0. The molecule has 40 heavy (non-hydrogen) atoms. The van der Waals surface area contributed by atoms with Gasteiger partial charge >= 0.3 is 6.18 Å². The van der Waals surface area contributed by atoms with Crippen molar-refractivity contribution in [2.45, 2.75) is 51.6 Å². The first-order chi connectivity index (χ1) is 19.1. The molecule has 0 saturated carbocycles. The summed E-state index contributed by atoms with van der Waals surface area (Å²) in [7, 11) is 0. The zero-order valence-corrected chi connectivity index (χ0v) is 22.3. The van der Waals surface area contributed by atoms with E-state index in [1.54, 1.807) is 30.3 Å². The van der Waals surface area contributed by atoms with Crippen LogP contribution in [0.1, 0.15) is 58.8 Å². The molecule has 3 nitrogen and oxygen atoms in total. The summed E-state index contributed by atoms with van der Waals surface area (Å²) in [5.74, 6) is -1.56. The number of Topliss-reactive ketones (excluding diaryl/α,β-unsaturated/α-hetero) is 3. The zero-order chi connectivity index (χ0) is 28.7. The minimum absolute atomic E-state index is 0.0834. The zero-order valence-electron chi connectivity index (χ0n) is 22.3. The van der Waals surface area contributed by atoms with Gasteiger partial charge in [-0.3, -0.25) is 14.4 Å². The highest BCUT2D eigenvalue weighted by Crippen LogP contribution is 2.34. The van der Waals surface area contributed by atoms with Gasteiger partial charge < -0.3 is 0 Å². The standard InChI is InChI=1S/C34H31F3O3/c1-2-32(39)27-10-6-9-26(19-27)17-25-13-11-23(12-14-25)15-16-31(38)22-29-21-30(34(35,36)37)20-28(33(29)40)18-24-7-4-3-5-8-24/h3-14,19-21,28H,2,15-18,22H2,1H3. The van der Waals surface area contributed by atoms with Crippen molar-refractivity contribution in [3.8, 4) is 0 Å². The van der Waals surface area contributed by atoms with Crippen LogP contribution in [0.25, 0.3) is 0 Å². The van der Waals surface area contributed by atoms with Crippen molar-refractivity contribution < 1.29 is 27.6 Å². The minimum atomic E-state index is -4.60. The summed E-state index contributed by atoms with van der Waals surface area (Å²) in [6, 6.07) is 24.3. The van der Waals surface area contributed by atoms with Gasteiger partial charge in [0, 0.05) is 36.3 Å². The number of carbonyl (C=O) groups is 3. The molecule has 0 spiro atoms. The van der Waals surface area contributed by atoms with Gasteiger partial charge in [-0.2, -0.15) is 13.2 Å². The van der Waals surface area contributed by atoms with Crippen LogP contribution in [-0.2, 0) is 28.9 Å². The lowest BCUT2D eigenvalue weighted by Gasteiger charge is -2.22. The van der Waals surface area contributed by atoms with E-state index in [1.807, 2.05) is 55.5 Å². The SMILES string of the molecule is CCC(=O)c1cccc(Cc2ccc(CCC(=O)CC3=CC(C(F)(F)F)=CC(Cc4ccccc4)C3=O)cc2)c1. The largest absolute Gasteiger partial charge is 0.416 e. The van der Waals surface area contributed by atoms with Gasteiger partial charge in [0.25, 0.3) is 0 Å². The van der Waals surface area contributed by atoms with E-state index in [0.29, 0.717) is 24.8 Å². The van der Waals surface area contributed by atoms with Gasteiger partial charge in [-0.25, -0.2) is 0 Å². The van der Waals surface area contributed by atoms with Crippen molar-refractivity contribution in [1.29, 1.82) is 0 Å². The van der Waals surface area contributed by atoms with Gasteiger partial charge in [0.2, 0.25) is 0 Å². The summed E-state index contributed by atoms with van der Waals surface area (Å²) in [6.07, 6.45) is -1.29. The molecule has 0 bridgehead atoms. The molecule has 4 rings (SSSR count). The van der Waals surface area contributed by atoms with Crippen LogP contribution >= 0.6 is 0 Å². The maximum Gasteiger partial charge on any atom is 0.416 e. The Balaban J connectivity index is 1.36. The highest BCUT2D eigenvalue weighted by Gasteiger charge is 2.38. The van der Waals surface area contributed by atoms with Crippen LogP contribution in [0.15, 0.2) is 102 Å². The van der Waals surface area contributed by atoms with Gasteiger partial charge in [0.15, 0.2) is 11.6 Å². The molecule has 1 atom stereocenters. The molecule has 0 aromatic heterocycles. The van der Waals surface area contributed by atoms with Gasteiger partial charge in [0.1, 0.15) is 5.78 Å². The molecule has 1 aliphatic rings. The Morgan fingerprint density at radius 2 is 1.50 bits per heavy atom. The number of hydrogen-bond acceptors (Lipinski definition) is 3. The quantitative estimate of drug-likeness (QED) is 0.233. The lowest BCUT2D eigenvalue weighted by atomic mass is 9.82. The van der Waals surface area contributed by atoms with Gasteiger partial charge in [-0.1, -0.05) is 85.8 Å². The van der Waals surface area contributed by atoms with Crippen molar-refractivity contribution in [2.24, 2.45) is 5.92 Å². The summed E-state index contributed by atoms with van der Waals surface area (Å²) in [6.45, 7) is 1.84. The number of allylic oxidation sites excluding steroid dienone is 4. The molecule has 1 unspecified atom stereocenters. The summed E-state index contributed by atoms with van der Waals surface area (Å²) in [5.41, 5.74) is 3.52. The lowest BCUT2D eigenvalue weighted by Crippen LogP contribution is -2.26. The average Bonchev–Trinajstić information content (AvgIpc) is 2.94. The van der Waals surface area contributed by atoms with Gasteiger partial charge in [0.05, 0.1) is 5.57 Å². The van der Waals surface area contributed by atoms with Crippen molar-refractivity contribution in [3.05, 3.63) is 130 Å². The first kappa shape index (κ1) is 28.9.